The zero-order valence-corrected chi connectivity index (χ0v) is 18.4. The first-order valence-corrected chi connectivity index (χ1v) is 11.0. The standard InChI is InChI=1S/C18H14N4O2S.C5H11N.2H2/c1-20-17(24)11-4-2-10(3-5-11)13-9-22-14-7-6-12(16(19)23)8-15(14)25-18(22)21-13;1-6-4-2-3-5-6;;/h2-9H,1H3,(H2,19,23)(H,20,24);2-5H2,1H3;2*1H. The van der Waals surface area contributed by atoms with E-state index in [4.69, 9.17) is 5.73 Å². The van der Waals surface area contributed by atoms with Gasteiger partial charge in [-0.2, -0.15) is 0 Å². The minimum Gasteiger partial charge on any atom is -0.366 e. The summed E-state index contributed by atoms with van der Waals surface area (Å²) in [6.07, 6.45) is 4.78. The van der Waals surface area contributed by atoms with Crippen molar-refractivity contribution in [2.24, 2.45) is 5.73 Å². The fraction of sp³-hybridized carbons (Fsp3) is 0.261. The molecule has 5 rings (SSSR count). The number of imidazole rings is 1. The van der Waals surface area contributed by atoms with Crippen molar-refractivity contribution in [3.63, 3.8) is 0 Å². The lowest BCUT2D eigenvalue weighted by atomic mass is 10.1. The highest BCUT2D eigenvalue weighted by Gasteiger charge is 2.12. The zero-order valence-electron chi connectivity index (χ0n) is 17.6. The quantitative estimate of drug-likeness (QED) is 0.507. The predicted octanol–water partition coefficient (Wildman–Crippen LogP) is 3.88. The number of primary amides is 1. The average molecular weight is 440 g/mol. The number of nitrogens with zero attached hydrogens (tertiary/aromatic N) is 3. The molecule has 0 bridgehead atoms. The molecule has 1 aliphatic heterocycles. The Morgan fingerprint density at radius 1 is 1.10 bits per heavy atom. The van der Waals surface area contributed by atoms with Crippen molar-refractivity contribution >= 4 is 38.3 Å². The molecule has 2 aromatic heterocycles. The van der Waals surface area contributed by atoms with Crippen molar-refractivity contribution in [2.75, 3.05) is 27.2 Å². The molecule has 8 heteroatoms. The number of thiazole rings is 1. The molecule has 0 spiro atoms. The molecule has 164 valence electrons. The molecule has 3 heterocycles. The first-order valence-electron chi connectivity index (χ1n) is 10.2. The van der Waals surface area contributed by atoms with Crippen LogP contribution < -0.4 is 11.1 Å². The van der Waals surface area contributed by atoms with E-state index in [2.05, 4.69) is 22.2 Å². The molecule has 2 aromatic carbocycles. The van der Waals surface area contributed by atoms with Gasteiger partial charge in [-0.05, 0) is 63.3 Å². The van der Waals surface area contributed by atoms with Crippen molar-refractivity contribution in [1.82, 2.24) is 19.6 Å². The molecule has 0 unspecified atom stereocenters. The third-order valence-electron chi connectivity index (χ3n) is 5.38. The van der Waals surface area contributed by atoms with Crippen LogP contribution in [-0.4, -0.2) is 53.3 Å². The summed E-state index contributed by atoms with van der Waals surface area (Å²) in [5.74, 6) is -0.557. The minimum absolute atomic E-state index is 0. The molecule has 1 saturated heterocycles. The maximum absolute atomic E-state index is 11.6. The van der Waals surface area contributed by atoms with E-state index >= 15 is 0 Å². The summed E-state index contributed by atoms with van der Waals surface area (Å²) in [6.45, 7) is 2.64. The molecule has 1 aliphatic rings. The van der Waals surface area contributed by atoms with E-state index < -0.39 is 5.91 Å². The van der Waals surface area contributed by atoms with Gasteiger partial charge in [0.2, 0.25) is 5.91 Å². The molecule has 0 atom stereocenters. The molecule has 7 nitrogen and oxygen atoms in total. The van der Waals surface area contributed by atoms with Gasteiger partial charge in [0.25, 0.3) is 5.91 Å². The lowest BCUT2D eigenvalue weighted by molar-refractivity contribution is 0.0961. The lowest BCUT2D eigenvalue weighted by Gasteiger charge is -2.01. The number of carbonyl (C=O) groups is 2. The van der Waals surface area contributed by atoms with E-state index in [0.29, 0.717) is 11.1 Å². The summed E-state index contributed by atoms with van der Waals surface area (Å²) in [6, 6.07) is 12.7. The fourth-order valence-electron chi connectivity index (χ4n) is 3.61. The van der Waals surface area contributed by atoms with Crippen LogP contribution in [0.4, 0.5) is 0 Å². The van der Waals surface area contributed by atoms with Gasteiger partial charge >= 0.3 is 0 Å². The topological polar surface area (TPSA) is 92.7 Å². The van der Waals surface area contributed by atoms with E-state index in [0.717, 1.165) is 26.4 Å². The number of nitrogens with one attached hydrogen (secondary N) is 1. The van der Waals surface area contributed by atoms with E-state index in [1.165, 1.54) is 37.3 Å². The largest absolute Gasteiger partial charge is 0.366 e. The summed E-state index contributed by atoms with van der Waals surface area (Å²) >= 11 is 1.50. The highest BCUT2D eigenvalue weighted by Crippen LogP contribution is 2.30. The molecule has 0 radical (unpaired) electrons. The zero-order chi connectivity index (χ0) is 22.0. The molecule has 0 aliphatic carbocycles. The fourth-order valence-corrected chi connectivity index (χ4v) is 4.65. The van der Waals surface area contributed by atoms with Crippen molar-refractivity contribution in [3.8, 4) is 11.3 Å². The molecule has 3 N–H and O–H groups in total. The Morgan fingerprint density at radius 2 is 1.77 bits per heavy atom. The molecule has 1 fully saturated rings. The van der Waals surface area contributed by atoms with E-state index in [-0.39, 0.29) is 8.76 Å². The van der Waals surface area contributed by atoms with E-state index in [1.807, 2.05) is 28.8 Å². The van der Waals surface area contributed by atoms with Gasteiger partial charge in [-0.25, -0.2) is 4.98 Å². The van der Waals surface area contributed by atoms with E-state index in [9.17, 15) is 9.59 Å². The normalized spacial score (nSPS) is 13.9. The molecular formula is C23H29N5O2S. The average Bonchev–Trinajstić information content (AvgIpc) is 3.49. The number of hydrogen-bond donors (Lipinski definition) is 2. The number of amides is 2. The number of rotatable bonds is 3. The van der Waals surface area contributed by atoms with Gasteiger partial charge in [-0.3, -0.25) is 14.0 Å². The Bertz CT molecular complexity index is 1250. The second kappa shape index (κ2) is 8.87. The van der Waals surface area contributed by atoms with E-state index in [1.54, 1.807) is 31.3 Å². The minimum atomic E-state index is -0.440. The second-order valence-electron chi connectivity index (χ2n) is 7.59. The smallest absolute Gasteiger partial charge is 0.251 e. The van der Waals surface area contributed by atoms with Crippen LogP contribution in [-0.2, 0) is 0 Å². The number of nitrogens with two attached hydrogens (primary N) is 1. The SMILES string of the molecule is CN1CCCC1.CNC(=O)c1ccc(-c2cn3c(n2)sc2cc(C(N)=O)ccc23)cc1.[HH].[HH]. The maximum Gasteiger partial charge on any atom is 0.251 e. The highest BCUT2D eigenvalue weighted by molar-refractivity contribution is 7.23. The van der Waals surface area contributed by atoms with Crippen LogP contribution in [0.5, 0.6) is 0 Å². The second-order valence-corrected chi connectivity index (χ2v) is 8.60. The van der Waals surface area contributed by atoms with Crippen LogP contribution in [0.2, 0.25) is 0 Å². The first kappa shape index (κ1) is 21.0. The van der Waals surface area contributed by atoms with Crippen molar-refractivity contribution in [2.45, 2.75) is 12.8 Å². The van der Waals surface area contributed by atoms with Gasteiger partial charge in [-0.1, -0.05) is 23.5 Å². The van der Waals surface area contributed by atoms with Gasteiger partial charge in [-0.15, -0.1) is 0 Å². The molecular weight excluding hydrogens is 410 g/mol. The summed E-state index contributed by atoms with van der Waals surface area (Å²) in [5.41, 5.74) is 9.17. The number of benzene rings is 2. The third kappa shape index (κ3) is 4.45. The predicted molar refractivity (Wildman–Crippen MR) is 129 cm³/mol. The molecule has 2 amide bonds. The molecule has 4 aromatic rings. The van der Waals surface area contributed by atoms with Crippen molar-refractivity contribution < 1.29 is 12.4 Å². The highest BCUT2D eigenvalue weighted by atomic mass is 32.1. The molecule has 31 heavy (non-hydrogen) atoms. The lowest BCUT2D eigenvalue weighted by Crippen LogP contribution is -2.17. The van der Waals surface area contributed by atoms with Crippen LogP contribution in [0, 0.1) is 0 Å². The van der Waals surface area contributed by atoms with Gasteiger partial charge in [0.05, 0.1) is 15.9 Å². The van der Waals surface area contributed by atoms with Crippen molar-refractivity contribution in [3.05, 3.63) is 59.8 Å². The van der Waals surface area contributed by atoms with Gasteiger partial charge in [0, 0.05) is 32.8 Å². The van der Waals surface area contributed by atoms with Crippen LogP contribution in [0.15, 0.2) is 48.7 Å². The van der Waals surface area contributed by atoms with Gasteiger partial charge in [0.15, 0.2) is 4.96 Å². The number of aromatic nitrogens is 2. The number of carbonyl (C=O) groups excluding carboxylic acids is 2. The summed E-state index contributed by atoms with van der Waals surface area (Å²) in [7, 11) is 3.78. The number of fused-ring (bicyclic) bond motifs is 3. The Kier molecular flexibility index (Phi) is 6.01. The summed E-state index contributed by atoms with van der Waals surface area (Å²) in [4.78, 5) is 30.8. The summed E-state index contributed by atoms with van der Waals surface area (Å²) in [5, 5.41) is 2.60. The first-order chi connectivity index (χ1) is 15.0. The Hall–Kier alpha value is -3.23. The van der Waals surface area contributed by atoms with Crippen LogP contribution in [0.25, 0.3) is 26.4 Å². The van der Waals surface area contributed by atoms with Crippen LogP contribution in [0.1, 0.15) is 36.4 Å². The number of likely N-dealkylation sites (tertiary alicyclic amines) is 1. The summed E-state index contributed by atoms with van der Waals surface area (Å²) < 4.78 is 2.95. The maximum atomic E-state index is 11.6. The number of hydrogen-bond acceptors (Lipinski definition) is 5. The van der Waals surface area contributed by atoms with Crippen molar-refractivity contribution in [1.29, 1.82) is 0 Å². The van der Waals surface area contributed by atoms with Crippen LogP contribution >= 0.6 is 11.3 Å². The Balaban J connectivity index is 0.000000422. The molecule has 0 saturated carbocycles. The van der Waals surface area contributed by atoms with Gasteiger partial charge in [0.1, 0.15) is 0 Å². The monoisotopic (exact) mass is 439 g/mol. The van der Waals surface area contributed by atoms with Gasteiger partial charge < -0.3 is 16.0 Å². The third-order valence-corrected chi connectivity index (χ3v) is 6.40. The Morgan fingerprint density at radius 3 is 2.35 bits per heavy atom. The van der Waals surface area contributed by atoms with Crippen LogP contribution in [0.3, 0.4) is 0 Å². The Labute approximate surface area is 187 Å².